The molecule has 26 heavy (non-hydrogen) atoms. The molecule has 1 heterocycles. The first kappa shape index (κ1) is 14.9. The lowest BCUT2D eigenvalue weighted by molar-refractivity contribution is 0.473. The molecule has 1 aromatic heterocycles. The van der Waals surface area contributed by atoms with Crippen LogP contribution in [0.1, 0.15) is 22.4 Å². The van der Waals surface area contributed by atoms with Crippen LogP contribution in [0.4, 0.5) is 0 Å². The summed E-state index contributed by atoms with van der Waals surface area (Å²) < 4.78 is 0. The van der Waals surface area contributed by atoms with Crippen LogP contribution in [-0.2, 0) is 5.41 Å². The molecule has 0 bridgehead atoms. The minimum atomic E-state index is -0.535. The maximum atomic E-state index is 10.2. The molecule has 0 atom stereocenters. The summed E-state index contributed by atoms with van der Waals surface area (Å²) in [6, 6.07) is 30.6. The number of benzene rings is 3. The van der Waals surface area contributed by atoms with Gasteiger partial charge in [0.1, 0.15) is 5.75 Å². The predicted octanol–water partition coefficient (Wildman–Crippen LogP) is 5.15. The normalized spacial score (nSPS) is 13.8. The monoisotopic (exact) mass is 335 g/mol. The van der Waals surface area contributed by atoms with Gasteiger partial charge in [-0.3, -0.25) is 4.98 Å². The van der Waals surface area contributed by atoms with Gasteiger partial charge in [-0.05, 0) is 52.1 Å². The highest BCUT2D eigenvalue weighted by Gasteiger charge is 2.46. The summed E-state index contributed by atoms with van der Waals surface area (Å²) in [7, 11) is 0. The molecule has 2 nitrogen and oxygen atoms in total. The van der Waals surface area contributed by atoms with Gasteiger partial charge < -0.3 is 5.11 Å². The first-order chi connectivity index (χ1) is 12.8. The fourth-order valence-electron chi connectivity index (χ4n) is 4.29. The van der Waals surface area contributed by atoms with Gasteiger partial charge in [-0.2, -0.15) is 0 Å². The Labute approximate surface area is 152 Å². The van der Waals surface area contributed by atoms with Crippen LogP contribution in [0.5, 0.6) is 5.75 Å². The maximum absolute atomic E-state index is 10.2. The van der Waals surface area contributed by atoms with Crippen LogP contribution in [0.3, 0.4) is 0 Å². The molecule has 4 aromatic rings. The number of phenolic OH excluding ortho intramolecular Hbond substituents is 1. The van der Waals surface area contributed by atoms with E-state index in [0.717, 1.165) is 11.3 Å². The lowest BCUT2D eigenvalue weighted by Crippen LogP contribution is -2.29. The summed E-state index contributed by atoms with van der Waals surface area (Å²) in [6.07, 6.45) is 1.84. The molecule has 0 saturated heterocycles. The van der Waals surface area contributed by atoms with E-state index in [4.69, 9.17) is 4.98 Å². The van der Waals surface area contributed by atoms with Crippen molar-refractivity contribution in [3.63, 3.8) is 0 Å². The van der Waals surface area contributed by atoms with E-state index in [2.05, 4.69) is 60.7 Å². The second-order valence-electron chi connectivity index (χ2n) is 6.61. The van der Waals surface area contributed by atoms with Crippen molar-refractivity contribution < 1.29 is 5.11 Å². The highest BCUT2D eigenvalue weighted by molar-refractivity contribution is 5.85. The van der Waals surface area contributed by atoms with E-state index >= 15 is 0 Å². The number of fused-ring (bicyclic) bond motifs is 3. The second-order valence-corrected chi connectivity index (χ2v) is 6.61. The van der Waals surface area contributed by atoms with Crippen molar-refractivity contribution in [1.29, 1.82) is 0 Å². The second kappa shape index (κ2) is 5.57. The van der Waals surface area contributed by atoms with Gasteiger partial charge in [0.15, 0.2) is 0 Å². The number of hydrogen-bond acceptors (Lipinski definition) is 2. The molecule has 5 rings (SSSR count). The van der Waals surface area contributed by atoms with Crippen molar-refractivity contribution in [1.82, 2.24) is 4.98 Å². The fraction of sp³-hybridized carbons (Fsp3) is 0.0417. The number of aromatic nitrogens is 1. The van der Waals surface area contributed by atoms with Crippen LogP contribution in [0.25, 0.3) is 11.1 Å². The summed E-state index contributed by atoms with van der Waals surface area (Å²) in [5, 5.41) is 10.2. The topological polar surface area (TPSA) is 33.1 Å². The minimum Gasteiger partial charge on any atom is -0.508 e. The Morgan fingerprint density at radius 3 is 1.92 bits per heavy atom. The van der Waals surface area contributed by atoms with E-state index in [1.165, 1.54) is 22.3 Å². The number of phenols is 1. The molecule has 0 unspecified atom stereocenters. The highest BCUT2D eigenvalue weighted by atomic mass is 16.3. The summed E-state index contributed by atoms with van der Waals surface area (Å²) in [4.78, 5) is 4.76. The summed E-state index contributed by atoms with van der Waals surface area (Å²) in [5.74, 6) is 0.264. The van der Waals surface area contributed by atoms with Crippen molar-refractivity contribution in [2.24, 2.45) is 0 Å². The van der Waals surface area contributed by atoms with Crippen molar-refractivity contribution >= 4 is 0 Å². The molecule has 1 aliphatic rings. The first-order valence-corrected chi connectivity index (χ1v) is 8.72. The number of nitrogens with zero attached hydrogens (tertiary/aromatic N) is 1. The smallest absolute Gasteiger partial charge is 0.115 e. The Kier molecular flexibility index (Phi) is 3.19. The average Bonchev–Trinajstić information content (AvgIpc) is 3.00. The van der Waals surface area contributed by atoms with Crippen molar-refractivity contribution in [3.8, 4) is 16.9 Å². The minimum absolute atomic E-state index is 0.264. The third-order valence-electron chi connectivity index (χ3n) is 5.28. The quantitative estimate of drug-likeness (QED) is 0.484. The molecule has 124 valence electrons. The van der Waals surface area contributed by atoms with E-state index in [9.17, 15) is 5.11 Å². The van der Waals surface area contributed by atoms with Crippen LogP contribution < -0.4 is 0 Å². The van der Waals surface area contributed by atoms with Crippen molar-refractivity contribution in [3.05, 3.63) is 120 Å². The summed E-state index contributed by atoms with van der Waals surface area (Å²) >= 11 is 0. The summed E-state index contributed by atoms with van der Waals surface area (Å²) in [6.45, 7) is 0. The predicted molar refractivity (Wildman–Crippen MR) is 103 cm³/mol. The molecule has 0 amide bonds. The van der Waals surface area contributed by atoms with Gasteiger partial charge in [-0.1, -0.05) is 66.7 Å². The van der Waals surface area contributed by atoms with Gasteiger partial charge in [-0.15, -0.1) is 0 Å². The van der Waals surface area contributed by atoms with E-state index < -0.39 is 5.41 Å². The molecule has 0 radical (unpaired) electrons. The number of rotatable bonds is 2. The molecule has 3 aromatic carbocycles. The Hall–Kier alpha value is -3.39. The number of hydrogen-bond donors (Lipinski definition) is 1. The van der Waals surface area contributed by atoms with Crippen LogP contribution in [0.15, 0.2) is 97.2 Å². The Balaban J connectivity index is 1.98. The zero-order valence-corrected chi connectivity index (χ0v) is 14.1. The van der Waals surface area contributed by atoms with Gasteiger partial charge in [0.05, 0.1) is 11.1 Å². The fourth-order valence-corrected chi connectivity index (χ4v) is 4.29. The molecule has 0 fully saturated rings. The standard InChI is InChI=1S/C24H17NO/c26-18-9-7-8-17(16-18)24(23-14-5-6-15-25-23)21-12-3-1-10-19(21)20-11-2-4-13-22(20)24/h1-16,26H. The van der Waals surface area contributed by atoms with E-state index in [1.54, 1.807) is 6.07 Å². The van der Waals surface area contributed by atoms with Gasteiger partial charge >= 0.3 is 0 Å². The van der Waals surface area contributed by atoms with Gasteiger partial charge in [0, 0.05) is 6.20 Å². The maximum Gasteiger partial charge on any atom is 0.115 e. The molecule has 1 aliphatic carbocycles. The van der Waals surface area contributed by atoms with Crippen molar-refractivity contribution in [2.45, 2.75) is 5.41 Å². The molecule has 0 aliphatic heterocycles. The molecule has 1 N–H and O–H groups in total. The Morgan fingerprint density at radius 1 is 0.654 bits per heavy atom. The lowest BCUT2D eigenvalue weighted by Gasteiger charge is -2.32. The molecule has 0 spiro atoms. The van der Waals surface area contributed by atoms with Gasteiger partial charge in [-0.25, -0.2) is 0 Å². The Morgan fingerprint density at radius 2 is 1.31 bits per heavy atom. The zero-order valence-electron chi connectivity index (χ0n) is 14.1. The number of aromatic hydroxyl groups is 1. The zero-order chi connectivity index (χ0) is 17.6. The SMILES string of the molecule is Oc1cccc(C2(c3ccccn3)c3ccccc3-c3ccccc32)c1. The van der Waals surface area contributed by atoms with Crippen LogP contribution in [0, 0.1) is 0 Å². The van der Waals surface area contributed by atoms with E-state index in [1.807, 2.05) is 30.5 Å². The largest absolute Gasteiger partial charge is 0.508 e. The number of pyridine rings is 1. The highest BCUT2D eigenvalue weighted by Crippen LogP contribution is 2.55. The average molecular weight is 335 g/mol. The molecule has 0 saturated carbocycles. The third kappa shape index (κ3) is 1.90. The summed E-state index contributed by atoms with van der Waals surface area (Å²) in [5.41, 5.74) is 6.29. The third-order valence-corrected chi connectivity index (χ3v) is 5.28. The van der Waals surface area contributed by atoms with E-state index in [0.29, 0.717) is 0 Å². The van der Waals surface area contributed by atoms with Crippen LogP contribution in [0.2, 0.25) is 0 Å². The van der Waals surface area contributed by atoms with Crippen LogP contribution >= 0.6 is 0 Å². The van der Waals surface area contributed by atoms with Gasteiger partial charge in [0.25, 0.3) is 0 Å². The Bertz CT molecular complexity index is 1060. The van der Waals surface area contributed by atoms with Crippen LogP contribution in [-0.4, -0.2) is 10.1 Å². The molecular formula is C24H17NO. The first-order valence-electron chi connectivity index (χ1n) is 8.72. The molecule has 2 heteroatoms. The van der Waals surface area contributed by atoms with Gasteiger partial charge in [0.2, 0.25) is 0 Å². The molecular weight excluding hydrogens is 318 g/mol. The van der Waals surface area contributed by atoms with Crippen molar-refractivity contribution in [2.75, 3.05) is 0 Å². The van der Waals surface area contributed by atoms with E-state index in [-0.39, 0.29) is 5.75 Å². The lowest BCUT2D eigenvalue weighted by atomic mass is 9.70.